The quantitative estimate of drug-likeness (QED) is 0.782. The van der Waals surface area contributed by atoms with Crippen LogP contribution in [-0.2, 0) is 4.74 Å². The van der Waals surface area contributed by atoms with Crippen molar-refractivity contribution in [2.45, 2.75) is 38.8 Å². The van der Waals surface area contributed by atoms with Gasteiger partial charge in [-0.05, 0) is 67.1 Å². The molecule has 0 radical (unpaired) electrons. The summed E-state index contributed by atoms with van der Waals surface area (Å²) in [6.07, 6.45) is 2.76. The van der Waals surface area contributed by atoms with Gasteiger partial charge in [-0.3, -0.25) is 9.88 Å². The lowest BCUT2D eigenvalue weighted by molar-refractivity contribution is 0.0187. The summed E-state index contributed by atoms with van der Waals surface area (Å²) in [6.45, 7) is 6.49. The van der Waals surface area contributed by atoms with Gasteiger partial charge in [0.15, 0.2) is 0 Å². The van der Waals surface area contributed by atoms with E-state index in [1.165, 1.54) is 6.42 Å². The molecule has 1 aliphatic carbocycles. The third-order valence-corrected chi connectivity index (χ3v) is 4.30. The van der Waals surface area contributed by atoms with Gasteiger partial charge in [-0.15, -0.1) is 0 Å². The van der Waals surface area contributed by atoms with Crippen LogP contribution in [-0.4, -0.2) is 28.1 Å². The molecule has 1 aromatic heterocycles. The molecule has 108 valence electrons. The van der Waals surface area contributed by atoms with E-state index in [1.54, 1.807) is 6.20 Å². The van der Waals surface area contributed by atoms with Crippen LogP contribution in [0.25, 0.3) is 0 Å². The third kappa shape index (κ3) is 2.68. The minimum atomic E-state index is -0.457. The van der Waals surface area contributed by atoms with Crippen LogP contribution in [0.2, 0.25) is 0 Å². The van der Waals surface area contributed by atoms with Crippen LogP contribution in [0.15, 0.2) is 22.8 Å². The van der Waals surface area contributed by atoms with Crippen LogP contribution < -0.4 is 0 Å². The number of carbonyl (C=O) groups excluding carboxylic acids is 1. The Labute approximate surface area is 127 Å². The molecule has 1 saturated carbocycles. The number of fused-ring (bicyclic) bond motifs is 1. The number of likely N-dealkylation sites (tertiary alicyclic amines) is 1. The predicted octanol–water partition coefficient (Wildman–Crippen LogP) is 3.77. The molecule has 2 aliphatic rings. The second-order valence-corrected chi connectivity index (χ2v) is 7.55. The number of hydrogen-bond acceptors (Lipinski definition) is 3. The average Bonchev–Trinajstić information content (AvgIpc) is 3.00. The molecular formula is C15H19BrN2O2. The van der Waals surface area contributed by atoms with Crippen molar-refractivity contribution in [3.63, 3.8) is 0 Å². The Hall–Kier alpha value is -1.10. The summed E-state index contributed by atoms with van der Waals surface area (Å²) in [5.41, 5.74) is 0.505. The maximum absolute atomic E-state index is 12.3. The highest BCUT2D eigenvalue weighted by Gasteiger charge is 2.55. The van der Waals surface area contributed by atoms with Crippen LogP contribution in [0.5, 0.6) is 0 Å². The summed E-state index contributed by atoms with van der Waals surface area (Å²) in [7, 11) is 0. The van der Waals surface area contributed by atoms with Gasteiger partial charge in [0, 0.05) is 17.2 Å². The monoisotopic (exact) mass is 338 g/mol. The summed E-state index contributed by atoms with van der Waals surface area (Å²) in [6, 6.07) is 4.04. The molecule has 0 aromatic carbocycles. The second-order valence-electron chi connectivity index (χ2n) is 6.64. The molecule has 1 aliphatic heterocycles. The third-order valence-electron chi connectivity index (χ3n) is 3.83. The summed E-state index contributed by atoms with van der Waals surface area (Å²) in [5, 5.41) is 0. The second kappa shape index (κ2) is 4.72. The van der Waals surface area contributed by atoms with Crippen molar-refractivity contribution < 1.29 is 9.53 Å². The molecule has 0 N–H and O–H groups in total. The number of halogens is 1. The molecule has 4 nitrogen and oxygen atoms in total. The Kier molecular flexibility index (Phi) is 3.27. The van der Waals surface area contributed by atoms with E-state index in [2.05, 4.69) is 20.9 Å². The molecule has 0 bridgehead atoms. The Morgan fingerprint density at radius 1 is 1.45 bits per heavy atom. The first-order valence-corrected chi connectivity index (χ1v) is 7.75. The largest absolute Gasteiger partial charge is 0.444 e. The zero-order valence-electron chi connectivity index (χ0n) is 12.0. The molecule has 0 spiro atoms. The van der Waals surface area contributed by atoms with Crippen LogP contribution in [0, 0.1) is 11.8 Å². The van der Waals surface area contributed by atoms with Gasteiger partial charge >= 0.3 is 6.09 Å². The van der Waals surface area contributed by atoms with Crippen molar-refractivity contribution in [3.8, 4) is 0 Å². The van der Waals surface area contributed by atoms with E-state index in [9.17, 15) is 4.79 Å². The van der Waals surface area contributed by atoms with Crippen LogP contribution in [0.1, 0.15) is 38.9 Å². The minimum absolute atomic E-state index is 0.0722. The first-order valence-electron chi connectivity index (χ1n) is 6.96. The molecule has 3 atom stereocenters. The highest BCUT2D eigenvalue weighted by molar-refractivity contribution is 9.10. The summed E-state index contributed by atoms with van der Waals surface area (Å²) in [4.78, 5) is 18.7. The number of ether oxygens (including phenoxy) is 1. The number of pyridine rings is 1. The van der Waals surface area contributed by atoms with E-state index in [4.69, 9.17) is 4.74 Å². The van der Waals surface area contributed by atoms with Gasteiger partial charge in [0.1, 0.15) is 5.60 Å². The van der Waals surface area contributed by atoms with Gasteiger partial charge in [0.25, 0.3) is 0 Å². The van der Waals surface area contributed by atoms with Crippen molar-refractivity contribution >= 4 is 22.0 Å². The zero-order chi connectivity index (χ0) is 14.5. The molecule has 3 unspecified atom stereocenters. The molecule has 3 rings (SSSR count). The Bertz CT molecular complexity index is 524. The van der Waals surface area contributed by atoms with Gasteiger partial charge in [-0.25, -0.2) is 4.79 Å². The lowest BCUT2D eigenvalue weighted by Crippen LogP contribution is -2.38. The van der Waals surface area contributed by atoms with E-state index >= 15 is 0 Å². The van der Waals surface area contributed by atoms with Gasteiger partial charge in [0.2, 0.25) is 0 Å². The van der Waals surface area contributed by atoms with Crippen molar-refractivity contribution in [2.75, 3.05) is 6.54 Å². The first kappa shape index (κ1) is 13.9. The molecule has 1 saturated heterocycles. The van der Waals surface area contributed by atoms with Crippen molar-refractivity contribution in [3.05, 3.63) is 28.5 Å². The number of nitrogens with zero attached hydrogens (tertiary/aromatic N) is 2. The van der Waals surface area contributed by atoms with Gasteiger partial charge in [0.05, 0.1) is 11.7 Å². The molecule has 2 fully saturated rings. The predicted molar refractivity (Wildman–Crippen MR) is 79.2 cm³/mol. The Morgan fingerprint density at radius 3 is 2.80 bits per heavy atom. The summed E-state index contributed by atoms with van der Waals surface area (Å²) < 4.78 is 6.47. The van der Waals surface area contributed by atoms with Crippen molar-refractivity contribution in [1.29, 1.82) is 0 Å². The molecule has 1 amide bonds. The Balaban J connectivity index is 1.81. The highest BCUT2D eigenvalue weighted by Crippen LogP contribution is 2.56. The van der Waals surface area contributed by atoms with E-state index in [0.29, 0.717) is 11.8 Å². The normalized spacial score (nSPS) is 28.2. The fraction of sp³-hybridized carbons (Fsp3) is 0.600. The maximum atomic E-state index is 12.3. The van der Waals surface area contributed by atoms with E-state index in [0.717, 1.165) is 16.7 Å². The van der Waals surface area contributed by atoms with Gasteiger partial charge in [-0.2, -0.15) is 0 Å². The lowest BCUT2D eigenvalue weighted by Gasteiger charge is -2.30. The minimum Gasteiger partial charge on any atom is -0.444 e. The van der Waals surface area contributed by atoms with Gasteiger partial charge in [-0.1, -0.05) is 0 Å². The van der Waals surface area contributed by atoms with E-state index in [-0.39, 0.29) is 12.1 Å². The zero-order valence-corrected chi connectivity index (χ0v) is 13.6. The number of carbonyl (C=O) groups is 1. The molecule has 5 heteroatoms. The number of hydrogen-bond donors (Lipinski definition) is 0. The molecular weight excluding hydrogens is 320 g/mol. The fourth-order valence-electron chi connectivity index (χ4n) is 2.91. The van der Waals surface area contributed by atoms with Crippen LogP contribution in [0.4, 0.5) is 4.79 Å². The van der Waals surface area contributed by atoms with E-state index in [1.807, 2.05) is 37.8 Å². The SMILES string of the molecule is CC(C)(C)OC(=O)N1CC2CC2C1c1ccc(Br)cn1. The first-order chi connectivity index (χ1) is 9.35. The standard InChI is InChI=1S/C15H19BrN2O2/c1-15(2,3)20-14(19)18-8-9-6-11(9)13(18)12-5-4-10(16)7-17-12/h4-5,7,9,11,13H,6,8H2,1-3H3. The smallest absolute Gasteiger partial charge is 0.410 e. The summed E-state index contributed by atoms with van der Waals surface area (Å²) >= 11 is 3.40. The average molecular weight is 339 g/mol. The lowest BCUT2D eigenvalue weighted by atomic mass is 10.1. The maximum Gasteiger partial charge on any atom is 0.410 e. The molecule has 20 heavy (non-hydrogen) atoms. The van der Waals surface area contributed by atoms with Gasteiger partial charge < -0.3 is 4.74 Å². The number of aromatic nitrogens is 1. The number of amides is 1. The molecule has 1 aromatic rings. The highest BCUT2D eigenvalue weighted by atomic mass is 79.9. The van der Waals surface area contributed by atoms with Crippen LogP contribution >= 0.6 is 15.9 Å². The van der Waals surface area contributed by atoms with E-state index < -0.39 is 5.60 Å². The van der Waals surface area contributed by atoms with Crippen molar-refractivity contribution in [2.24, 2.45) is 11.8 Å². The fourth-order valence-corrected chi connectivity index (χ4v) is 3.15. The number of rotatable bonds is 1. The Morgan fingerprint density at radius 2 is 2.20 bits per heavy atom. The van der Waals surface area contributed by atoms with Crippen molar-refractivity contribution in [1.82, 2.24) is 9.88 Å². The topological polar surface area (TPSA) is 42.4 Å². The number of piperidine rings is 1. The molecule has 2 heterocycles. The summed E-state index contributed by atoms with van der Waals surface area (Å²) in [5.74, 6) is 1.18. The van der Waals surface area contributed by atoms with Crippen LogP contribution in [0.3, 0.4) is 0 Å².